The molecule has 5 rings (SSSR count). The highest BCUT2D eigenvalue weighted by Gasteiger charge is 2.42. The molecule has 40 heavy (non-hydrogen) atoms. The van der Waals surface area contributed by atoms with E-state index < -0.39 is 6.04 Å². The Labute approximate surface area is 233 Å². The first-order valence-corrected chi connectivity index (χ1v) is 13.7. The number of benzene rings is 2. The third kappa shape index (κ3) is 6.29. The molecule has 1 saturated carbocycles. The molecule has 0 radical (unpaired) electrons. The van der Waals surface area contributed by atoms with E-state index in [1.54, 1.807) is 27.9 Å². The van der Waals surface area contributed by atoms with Crippen LogP contribution < -0.4 is 5.32 Å². The van der Waals surface area contributed by atoms with Gasteiger partial charge >= 0.3 is 0 Å². The van der Waals surface area contributed by atoms with Crippen LogP contribution in [-0.2, 0) is 4.79 Å². The van der Waals surface area contributed by atoms with Crippen LogP contribution in [0.1, 0.15) is 41.1 Å². The van der Waals surface area contributed by atoms with Crippen LogP contribution >= 0.6 is 0 Å². The molecule has 3 aromatic rings. The number of halogens is 1. The van der Waals surface area contributed by atoms with Crippen LogP contribution in [-0.4, -0.2) is 69.7 Å². The molecule has 8 nitrogen and oxygen atoms in total. The SMILES string of the molecule is C=CCN(CCC[C@H](NC(=O)c1ccc(-n2cccn2)cc1)C(=O)N1CC(C#N)C1)[C@@H]1C[C@H]1c1ccc(F)cc1. The van der Waals surface area contributed by atoms with Crippen molar-refractivity contribution in [3.05, 3.63) is 96.6 Å². The Balaban J connectivity index is 1.21. The summed E-state index contributed by atoms with van der Waals surface area (Å²) < 4.78 is 15.1. The molecule has 9 heteroatoms. The van der Waals surface area contributed by atoms with Crippen LogP contribution in [0.15, 0.2) is 79.6 Å². The predicted octanol–water partition coefficient (Wildman–Crippen LogP) is 3.92. The summed E-state index contributed by atoms with van der Waals surface area (Å²) in [5.41, 5.74) is 2.42. The fourth-order valence-corrected chi connectivity index (χ4v) is 5.36. The second-order valence-electron chi connectivity index (χ2n) is 10.5. The van der Waals surface area contributed by atoms with Gasteiger partial charge in [0.1, 0.15) is 11.9 Å². The summed E-state index contributed by atoms with van der Waals surface area (Å²) in [4.78, 5) is 30.4. The Morgan fingerprint density at radius 2 is 1.95 bits per heavy atom. The lowest BCUT2D eigenvalue weighted by atomic mass is 9.99. The molecule has 2 aromatic carbocycles. The van der Waals surface area contributed by atoms with Crippen molar-refractivity contribution < 1.29 is 14.0 Å². The first kappa shape index (κ1) is 27.3. The Kier molecular flexibility index (Phi) is 8.37. The summed E-state index contributed by atoms with van der Waals surface area (Å²) >= 11 is 0. The number of hydrogen-bond acceptors (Lipinski definition) is 5. The summed E-state index contributed by atoms with van der Waals surface area (Å²) in [7, 11) is 0. The van der Waals surface area contributed by atoms with Gasteiger partial charge in [-0.15, -0.1) is 6.58 Å². The standard InChI is InChI=1S/C31H33FN6O2/c1-2-15-36(29-18-27(29)23-6-10-25(32)11-7-23)16-3-5-28(31(40)37-20-22(19-33)21-37)35-30(39)24-8-12-26(13-9-24)38-17-4-14-34-38/h2,4,6-14,17,22,27-29H,1,3,5,15-16,18,20-21H2,(H,35,39)/t27-,28-,29+/m0/s1. The van der Waals surface area contributed by atoms with E-state index in [4.69, 9.17) is 5.26 Å². The largest absolute Gasteiger partial charge is 0.340 e. The lowest BCUT2D eigenvalue weighted by Gasteiger charge is -2.38. The van der Waals surface area contributed by atoms with Crippen molar-refractivity contribution in [3.8, 4) is 11.8 Å². The van der Waals surface area contributed by atoms with E-state index in [0.29, 0.717) is 50.0 Å². The van der Waals surface area contributed by atoms with Crippen LogP contribution in [0.25, 0.3) is 5.69 Å². The molecule has 1 N–H and O–H groups in total. The van der Waals surface area contributed by atoms with Crippen LogP contribution in [0.2, 0.25) is 0 Å². The van der Waals surface area contributed by atoms with Gasteiger partial charge < -0.3 is 10.2 Å². The number of likely N-dealkylation sites (tertiary alicyclic amines) is 1. The summed E-state index contributed by atoms with van der Waals surface area (Å²) in [5.74, 6) is -0.509. The maximum Gasteiger partial charge on any atom is 0.251 e. The molecular weight excluding hydrogens is 507 g/mol. The van der Waals surface area contributed by atoms with Gasteiger partial charge in [-0.3, -0.25) is 14.5 Å². The smallest absolute Gasteiger partial charge is 0.251 e. The zero-order chi connectivity index (χ0) is 28.1. The van der Waals surface area contributed by atoms with Gasteiger partial charge in [-0.25, -0.2) is 9.07 Å². The quantitative estimate of drug-likeness (QED) is 0.352. The average Bonchev–Trinajstić information content (AvgIpc) is 3.54. The minimum atomic E-state index is -0.685. The lowest BCUT2D eigenvalue weighted by Crippen LogP contribution is -2.56. The topological polar surface area (TPSA) is 94.3 Å². The normalized spacial score (nSPS) is 19.0. The molecule has 2 fully saturated rings. The number of nitrogens with zero attached hydrogens (tertiary/aromatic N) is 5. The van der Waals surface area contributed by atoms with Crippen molar-refractivity contribution in [2.75, 3.05) is 26.2 Å². The van der Waals surface area contributed by atoms with Gasteiger partial charge in [0.05, 0.1) is 17.7 Å². The maximum absolute atomic E-state index is 13.4. The molecule has 0 bridgehead atoms. The predicted molar refractivity (Wildman–Crippen MR) is 149 cm³/mol. The second kappa shape index (κ2) is 12.3. The van der Waals surface area contributed by atoms with E-state index >= 15 is 0 Å². The number of hydrogen-bond donors (Lipinski definition) is 1. The molecule has 2 amide bonds. The maximum atomic E-state index is 13.4. The molecule has 1 aliphatic carbocycles. The number of amides is 2. The second-order valence-corrected chi connectivity index (χ2v) is 10.5. The van der Waals surface area contributed by atoms with E-state index in [2.05, 4.69) is 28.0 Å². The van der Waals surface area contributed by atoms with Crippen LogP contribution in [0.3, 0.4) is 0 Å². The number of aromatic nitrogens is 2. The molecule has 3 atom stereocenters. The van der Waals surface area contributed by atoms with Crippen LogP contribution in [0.4, 0.5) is 4.39 Å². The van der Waals surface area contributed by atoms with Gasteiger partial charge in [0, 0.05) is 49.6 Å². The monoisotopic (exact) mass is 540 g/mol. The lowest BCUT2D eigenvalue weighted by molar-refractivity contribution is -0.138. The fourth-order valence-electron chi connectivity index (χ4n) is 5.36. The average molecular weight is 541 g/mol. The van der Waals surface area contributed by atoms with Gasteiger partial charge in [0.2, 0.25) is 5.91 Å². The van der Waals surface area contributed by atoms with Gasteiger partial charge in [-0.2, -0.15) is 10.4 Å². The van der Waals surface area contributed by atoms with Gasteiger partial charge in [0.15, 0.2) is 0 Å². The molecule has 1 aliphatic heterocycles. The van der Waals surface area contributed by atoms with E-state index in [-0.39, 0.29) is 23.5 Å². The van der Waals surface area contributed by atoms with Crippen molar-refractivity contribution in [3.63, 3.8) is 0 Å². The molecule has 206 valence electrons. The van der Waals surface area contributed by atoms with Crippen LogP contribution in [0, 0.1) is 23.1 Å². The number of carbonyl (C=O) groups excluding carboxylic acids is 2. The summed E-state index contributed by atoms with van der Waals surface area (Å²) in [6.07, 6.45) is 7.56. The van der Waals surface area contributed by atoms with Gasteiger partial charge in [-0.05, 0) is 73.8 Å². The summed E-state index contributed by atoms with van der Waals surface area (Å²) in [5, 5.41) is 16.3. The van der Waals surface area contributed by atoms with Crippen molar-refractivity contribution in [2.45, 2.75) is 37.3 Å². The molecule has 0 unspecified atom stereocenters. The van der Waals surface area contributed by atoms with Crippen molar-refractivity contribution >= 4 is 11.8 Å². The van der Waals surface area contributed by atoms with Gasteiger partial charge in [0.25, 0.3) is 5.91 Å². The molecule has 2 heterocycles. The van der Waals surface area contributed by atoms with Gasteiger partial charge in [-0.1, -0.05) is 18.2 Å². The zero-order valence-corrected chi connectivity index (χ0v) is 22.3. The number of nitriles is 1. The Hall–Kier alpha value is -4.29. The summed E-state index contributed by atoms with van der Waals surface area (Å²) in [6, 6.07) is 17.4. The Morgan fingerprint density at radius 1 is 1.20 bits per heavy atom. The molecule has 1 saturated heterocycles. The van der Waals surface area contributed by atoms with Crippen LogP contribution in [0.5, 0.6) is 0 Å². The highest BCUT2D eigenvalue weighted by molar-refractivity contribution is 5.97. The van der Waals surface area contributed by atoms with E-state index in [1.165, 1.54) is 12.1 Å². The van der Waals surface area contributed by atoms with E-state index in [1.807, 2.05) is 42.6 Å². The third-order valence-corrected chi connectivity index (χ3v) is 7.70. The van der Waals surface area contributed by atoms with E-state index in [0.717, 1.165) is 24.2 Å². The zero-order valence-electron chi connectivity index (χ0n) is 22.3. The Morgan fingerprint density at radius 3 is 2.60 bits per heavy atom. The first-order chi connectivity index (χ1) is 19.5. The minimum absolute atomic E-state index is 0.154. The molecule has 2 aliphatic rings. The van der Waals surface area contributed by atoms with E-state index in [9.17, 15) is 14.0 Å². The number of carbonyl (C=O) groups is 2. The highest BCUT2D eigenvalue weighted by atomic mass is 19.1. The first-order valence-electron chi connectivity index (χ1n) is 13.7. The number of nitrogens with one attached hydrogen (secondary N) is 1. The number of rotatable bonds is 12. The Bertz CT molecular complexity index is 1360. The van der Waals surface area contributed by atoms with Crippen molar-refractivity contribution in [2.24, 2.45) is 5.92 Å². The minimum Gasteiger partial charge on any atom is -0.340 e. The van der Waals surface area contributed by atoms with Crippen molar-refractivity contribution in [1.29, 1.82) is 5.26 Å². The van der Waals surface area contributed by atoms with Crippen molar-refractivity contribution in [1.82, 2.24) is 24.9 Å². The summed E-state index contributed by atoms with van der Waals surface area (Å²) in [6.45, 7) is 6.15. The highest BCUT2D eigenvalue weighted by Crippen LogP contribution is 2.44. The third-order valence-electron chi connectivity index (χ3n) is 7.70. The fraction of sp³-hybridized carbons (Fsp3) is 0.355. The molecular formula is C31H33FN6O2. The molecule has 1 aromatic heterocycles. The molecule has 0 spiro atoms.